The van der Waals surface area contributed by atoms with Crippen LogP contribution in [0.25, 0.3) is 39.1 Å². The van der Waals surface area contributed by atoms with Gasteiger partial charge in [-0.15, -0.1) is 0 Å². The Morgan fingerprint density at radius 3 is 2.57 bits per heavy atom. The number of ether oxygens (including phenoxy) is 1. The van der Waals surface area contributed by atoms with Gasteiger partial charge in [-0.25, -0.2) is 4.98 Å². The Morgan fingerprint density at radius 2 is 1.75 bits per heavy atom. The number of aromatic amines is 1. The molecule has 5 nitrogen and oxygen atoms in total. The maximum Gasteiger partial charge on any atom is 0.155 e. The third-order valence-corrected chi connectivity index (χ3v) is 4.77. The summed E-state index contributed by atoms with van der Waals surface area (Å²) in [5.41, 5.74) is 6.06. The Bertz CT molecular complexity index is 1270. The van der Waals surface area contributed by atoms with E-state index in [1.807, 2.05) is 62.9 Å². The molecule has 0 radical (unpaired) electrons. The van der Waals surface area contributed by atoms with E-state index in [2.05, 4.69) is 43.6 Å². The highest BCUT2D eigenvalue weighted by molar-refractivity contribution is 5.84. The van der Waals surface area contributed by atoms with E-state index in [0.717, 1.165) is 39.4 Å². The van der Waals surface area contributed by atoms with Crippen molar-refractivity contribution in [1.82, 2.24) is 19.4 Å². The minimum Gasteiger partial charge on any atom is -0.491 e. The fourth-order valence-electron chi connectivity index (χ4n) is 3.44. The van der Waals surface area contributed by atoms with Crippen LogP contribution >= 0.6 is 0 Å². The molecule has 5 rings (SSSR count). The highest BCUT2D eigenvalue weighted by atomic mass is 16.5. The zero-order chi connectivity index (χ0) is 19.1. The Labute approximate surface area is 162 Å². The van der Waals surface area contributed by atoms with Crippen molar-refractivity contribution in [3.63, 3.8) is 0 Å². The Balaban J connectivity index is 1.56. The number of nitrogens with one attached hydrogen (secondary N) is 1. The summed E-state index contributed by atoms with van der Waals surface area (Å²) < 4.78 is 7.82. The molecule has 0 spiro atoms. The molecule has 2 aromatic carbocycles. The van der Waals surface area contributed by atoms with E-state index in [1.54, 1.807) is 0 Å². The first-order valence-corrected chi connectivity index (χ1v) is 9.35. The molecule has 0 aliphatic heterocycles. The van der Waals surface area contributed by atoms with Crippen molar-refractivity contribution < 1.29 is 4.74 Å². The molecule has 0 aliphatic rings. The van der Waals surface area contributed by atoms with E-state index in [4.69, 9.17) is 4.74 Å². The fourth-order valence-corrected chi connectivity index (χ4v) is 3.44. The van der Waals surface area contributed by atoms with Crippen LogP contribution < -0.4 is 4.74 Å². The summed E-state index contributed by atoms with van der Waals surface area (Å²) in [7, 11) is 0. The van der Waals surface area contributed by atoms with Gasteiger partial charge in [-0.05, 0) is 56.3 Å². The van der Waals surface area contributed by atoms with Gasteiger partial charge in [0.25, 0.3) is 0 Å². The molecule has 0 amide bonds. The van der Waals surface area contributed by atoms with E-state index in [9.17, 15) is 0 Å². The number of hydrogen-bond acceptors (Lipinski definition) is 3. The third kappa shape index (κ3) is 2.91. The zero-order valence-electron chi connectivity index (χ0n) is 15.8. The predicted molar refractivity (Wildman–Crippen MR) is 111 cm³/mol. The molecule has 138 valence electrons. The van der Waals surface area contributed by atoms with Crippen LogP contribution in [0.2, 0.25) is 0 Å². The molecule has 5 heteroatoms. The molecule has 3 heterocycles. The molecular weight excluding hydrogens is 348 g/mol. The summed E-state index contributed by atoms with van der Waals surface area (Å²) in [6.07, 6.45) is 7.86. The lowest BCUT2D eigenvalue weighted by Crippen LogP contribution is -2.05. The van der Waals surface area contributed by atoms with Gasteiger partial charge in [0.05, 0.1) is 29.9 Å². The minimum absolute atomic E-state index is 0.159. The Hall–Kier alpha value is -3.60. The lowest BCUT2D eigenvalue weighted by atomic mass is 10.1. The molecule has 28 heavy (non-hydrogen) atoms. The van der Waals surface area contributed by atoms with Crippen LogP contribution in [0.4, 0.5) is 0 Å². The van der Waals surface area contributed by atoms with Crippen molar-refractivity contribution >= 4 is 16.6 Å². The average Bonchev–Trinajstić information content (AvgIpc) is 3.33. The number of hydrogen-bond donors (Lipinski definition) is 1. The summed E-state index contributed by atoms with van der Waals surface area (Å²) in [6, 6.07) is 16.5. The molecule has 0 aliphatic carbocycles. The highest BCUT2D eigenvalue weighted by Crippen LogP contribution is 2.27. The van der Waals surface area contributed by atoms with Crippen LogP contribution in [0.15, 0.2) is 73.3 Å². The van der Waals surface area contributed by atoms with Crippen molar-refractivity contribution in [2.24, 2.45) is 0 Å². The van der Waals surface area contributed by atoms with Gasteiger partial charge in [-0.1, -0.05) is 6.07 Å². The molecule has 0 saturated carbocycles. The van der Waals surface area contributed by atoms with Gasteiger partial charge in [-0.3, -0.25) is 9.38 Å². The molecule has 3 aromatic heterocycles. The van der Waals surface area contributed by atoms with Crippen LogP contribution in [0, 0.1) is 0 Å². The maximum atomic E-state index is 5.73. The van der Waals surface area contributed by atoms with Gasteiger partial charge in [0.2, 0.25) is 0 Å². The van der Waals surface area contributed by atoms with Crippen molar-refractivity contribution in [2.75, 3.05) is 0 Å². The first kappa shape index (κ1) is 16.6. The number of rotatable bonds is 4. The molecule has 0 atom stereocenters. The first-order chi connectivity index (χ1) is 13.7. The molecule has 0 unspecified atom stereocenters. The first-order valence-electron chi connectivity index (χ1n) is 9.35. The SMILES string of the molecule is CC(C)Oc1ccc(-c2cn3c(-c4ccc5[nH]ccc5c4)cnc3cn2)cc1. The second kappa shape index (κ2) is 6.53. The number of imidazole rings is 1. The third-order valence-electron chi connectivity index (χ3n) is 4.77. The van der Waals surface area contributed by atoms with E-state index in [0.29, 0.717) is 0 Å². The van der Waals surface area contributed by atoms with Gasteiger partial charge in [0.15, 0.2) is 5.65 Å². The molecule has 0 fully saturated rings. The average molecular weight is 368 g/mol. The molecule has 0 saturated heterocycles. The fraction of sp³-hybridized carbons (Fsp3) is 0.130. The maximum absolute atomic E-state index is 5.73. The monoisotopic (exact) mass is 368 g/mol. The number of nitrogens with zero attached hydrogens (tertiary/aromatic N) is 3. The predicted octanol–water partition coefficient (Wildman–Crippen LogP) is 5.33. The number of aromatic nitrogens is 4. The van der Waals surface area contributed by atoms with E-state index < -0.39 is 0 Å². The van der Waals surface area contributed by atoms with Gasteiger partial charge < -0.3 is 9.72 Å². The minimum atomic E-state index is 0.159. The second-order valence-corrected chi connectivity index (χ2v) is 7.11. The van der Waals surface area contributed by atoms with E-state index in [1.165, 1.54) is 5.39 Å². The van der Waals surface area contributed by atoms with E-state index >= 15 is 0 Å². The van der Waals surface area contributed by atoms with E-state index in [-0.39, 0.29) is 6.10 Å². The van der Waals surface area contributed by atoms with Gasteiger partial charge in [0, 0.05) is 34.4 Å². The normalized spacial score (nSPS) is 11.5. The number of fused-ring (bicyclic) bond motifs is 2. The Kier molecular flexibility index (Phi) is 3.86. The van der Waals surface area contributed by atoms with Crippen molar-refractivity contribution in [3.05, 3.63) is 73.3 Å². The topological polar surface area (TPSA) is 55.2 Å². The van der Waals surface area contributed by atoms with Crippen LogP contribution in [-0.2, 0) is 0 Å². The van der Waals surface area contributed by atoms with Crippen LogP contribution in [0.1, 0.15) is 13.8 Å². The summed E-state index contributed by atoms with van der Waals surface area (Å²) in [4.78, 5) is 12.3. The molecule has 0 bridgehead atoms. The van der Waals surface area contributed by atoms with Crippen molar-refractivity contribution in [3.8, 4) is 28.3 Å². The summed E-state index contributed by atoms with van der Waals surface area (Å²) in [5, 5.41) is 1.18. The van der Waals surface area contributed by atoms with Crippen LogP contribution in [-0.4, -0.2) is 25.5 Å². The summed E-state index contributed by atoms with van der Waals surface area (Å²) >= 11 is 0. The lowest BCUT2D eigenvalue weighted by molar-refractivity contribution is 0.242. The van der Waals surface area contributed by atoms with Crippen LogP contribution in [0.3, 0.4) is 0 Å². The van der Waals surface area contributed by atoms with Crippen LogP contribution in [0.5, 0.6) is 5.75 Å². The molecule has 5 aromatic rings. The summed E-state index contributed by atoms with van der Waals surface area (Å²) in [6.45, 7) is 4.05. The number of H-pyrrole nitrogens is 1. The largest absolute Gasteiger partial charge is 0.491 e. The Morgan fingerprint density at radius 1 is 0.929 bits per heavy atom. The van der Waals surface area contributed by atoms with Crippen molar-refractivity contribution in [1.29, 1.82) is 0 Å². The zero-order valence-corrected chi connectivity index (χ0v) is 15.8. The highest BCUT2D eigenvalue weighted by Gasteiger charge is 2.10. The molecule has 1 N–H and O–H groups in total. The molecular formula is C23H20N4O. The summed E-state index contributed by atoms with van der Waals surface area (Å²) in [5.74, 6) is 0.864. The van der Waals surface area contributed by atoms with Gasteiger partial charge in [-0.2, -0.15) is 0 Å². The lowest BCUT2D eigenvalue weighted by Gasteiger charge is -2.10. The van der Waals surface area contributed by atoms with Gasteiger partial charge in [0.1, 0.15) is 5.75 Å². The number of benzene rings is 2. The van der Waals surface area contributed by atoms with Crippen molar-refractivity contribution in [2.45, 2.75) is 20.0 Å². The van der Waals surface area contributed by atoms with Gasteiger partial charge >= 0.3 is 0 Å². The smallest absolute Gasteiger partial charge is 0.155 e. The second-order valence-electron chi connectivity index (χ2n) is 7.11. The quantitative estimate of drug-likeness (QED) is 0.466. The standard InChI is InChI=1S/C23H20N4O/c1-15(2)28-19-6-3-16(4-7-19)21-14-27-22(12-26-23(27)13-25-21)18-5-8-20-17(11-18)9-10-24-20/h3-15,24H,1-2H3.